The van der Waals surface area contributed by atoms with Crippen LogP contribution < -0.4 is 5.73 Å². The van der Waals surface area contributed by atoms with E-state index in [-0.39, 0.29) is 5.72 Å². The van der Waals surface area contributed by atoms with Crippen molar-refractivity contribution in [3.05, 3.63) is 0 Å². The van der Waals surface area contributed by atoms with Crippen LogP contribution in [0.2, 0.25) is 0 Å². The molecule has 0 spiro atoms. The van der Waals surface area contributed by atoms with Crippen molar-refractivity contribution in [3.8, 4) is 0 Å². The number of hydrogen-bond donors (Lipinski definition) is 1. The molecule has 64 valence electrons. The summed E-state index contributed by atoms with van der Waals surface area (Å²) in [6, 6.07) is 0. The van der Waals surface area contributed by atoms with Crippen LogP contribution in [0.4, 0.5) is 0 Å². The lowest BCUT2D eigenvalue weighted by Crippen LogP contribution is -2.21. The smallest absolute Gasteiger partial charge is 0.156 e. The van der Waals surface area contributed by atoms with Crippen molar-refractivity contribution >= 4 is 6.21 Å². The van der Waals surface area contributed by atoms with E-state index in [0.29, 0.717) is 6.61 Å². The molecule has 0 aromatic rings. The summed E-state index contributed by atoms with van der Waals surface area (Å²) in [5, 5.41) is 0. The van der Waals surface area contributed by atoms with Gasteiger partial charge in [0, 0.05) is 6.21 Å². The largest absolute Gasteiger partial charge is 0.349 e. The van der Waals surface area contributed by atoms with Crippen molar-refractivity contribution in [3.63, 3.8) is 0 Å². The summed E-state index contributed by atoms with van der Waals surface area (Å²) in [6.45, 7) is 3.45. The molecule has 1 atom stereocenters. The van der Waals surface area contributed by atoms with Gasteiger partial charge in [-0.2, -0.15) is 0 Å². The fourth-order valence-corrected chi connectivity index (χ4v) is 1.22. The molecule has 1 aliphatic heterocycles. The summed E-state index contributed by atoms with van der Waals surface area (Å²) in [5.74, 6) is 0. The highest BCUT2D eigenvalue weighted by molar-refractivity contribution is 5.60. The number of nitrogens with two attached hydrogens (primary N) is 1. The molecule has 0 aromatic heterocycles. The first kappa shape index (κ1) is 8.68. The van der Waals surface area contributed by atoms with Crippen LogP contribution in [-0.4, -0.2) is 25.1 Å². The van der Waals surface area contributed by atoms with E-state index < -0.39 is 0 Å². The Morgan fingerprint density at radius 3 is 3.00 bits per heavy atom. The fourth-order valence-electron chi connectivity index (χ4n) is 1.22. The highest BCUT2D eigenvalue weighted by Gasteiger charge is 2.25. The normalized spacial score (nSPS) is 29.6. The molecule has 0 aromatic carbocycles. The van der Waals surface area contributed by atoms with E-state index in [4.69, 9.17) is 10.5 Å². The van der Waals surface area contributed by atoms with Crippen LogP contribution in [0.15, 0.2) is 4.99 Å². The molecule has 0 aliphatic carbocycles. The van der Waals surface area contributed by atoms with E-state index in [1.807, 2.05) is 13.1 Å². The molecule has 2 N–H and O–H groups in total. The van der Waals surface area contributed by atoms with E-state index >= 15 is 0 Å². The molecule has 3 heteroatoms. The first-order valence-corrected chi connectivity index (χ1v) is 4.14. The molecule has 1 aliphatic rings. The molecule has 0 saturated heterocycles. The molecule has 11 heavy (non-hydrogen) atoms. The minimum absolute atomic E-state index is 0.241. The Bertz CT molecular complexity index is 147. The number of nitrogens with zero attached hydrogens (tertiary/aromatic N) is 1. The Morgan fingerprint density at radius 2 is 2.45 bits per heavy atom. The van der Waals surface area contributed by atoms with Gasteiger partial charge in [0.1, 0.15) is 0 Å². The Balaban J connectivity index is 2.18. The number of ether oxygens (including phenoxy) is 1. The number of hydrogen-bond acceptors (Lipinski definition) is 3. The Labute approximate surface area is 67.6 Å². The lowest BCUT2D eigenvalue weighted by atomic mass is 10.1. The van der Waals surface area contributed by atoms with Crippen molar-refractivity contribution in [2.24, 2.45) is 10.7 Å². The van der Waals surface area contributed by atoms with Gasteiger partial charge in [0.25, 0.3) is 0 Å². The molecular formula is C8H16N2O. The second-order valence-electron chi connectivity index (χ2n) is 3.04. The molecule has 0 bridgehead atoms. The first-order chi connectivity index (χ1) is 5.27. The minimum atomic E-state index is -0.241. The maximum Gasteiger partial charge on any atom is 0.156 e. The van der Waals surface area contributed by atoms with Gasteiger partial charge in [-0.3, -0.25) is 4.99 Å². The SMILES string of the molecule is CC1(CCCCN)N=CCO1. The van der Waals surface area contributed by atoms with Crippen LogP contribution in [0.5, 0.6) is 0 Å². The zero-order valence-corrected chi connectivity index (χ0v) is 7.05. The van der Waals surface area contributed by atoms with Crippen LogP contribution in [0.25, 0.3) is 0 Å². The minimum Gasteiger partial charge on any atom is -0.349 e. The molecule has 0 saturated carbocycles. The Hall–Kier alpha value is -0.410. The summed E-state index contributed by atoms with van der Waals surface area (Å²) < 4.78 is 5.42. The van der Waals surface area contributed by atoms with Gasteiger partial charge in [0.05, 0.1) is 6.61 Å². The van der Waals surface area contributed by atoms with Gasteiger partial charge in [0.2, 0.25) is 0 Å². The van der Waals surface area contributed by atoms with Gasteiger partial charge in [-0.1, -0.05) is 0 Å². The topological polar surface area (TPSA) is 47.6 Å². The van der Waals surface area contributed by atoms with Gasteiger partial charge in [-0.15, -0.1) is 0 Å². The number of rotatable bonds is 4. The summed E-state index contributed by atoms with van der Waals surface area (Å²) in [4.78, 5) is 4.25. The van der Waals surface area contributed by atoms with Crippen LogP contribution in [0.3, 0.4) is 0 Å². The standard InChI is InChI=1S/C8H16N2O/c1-8(4-2-3-5-9)10-6-7-11-8/h6H,2-5,7,9H2,1H3. The van der Waals surface area contributed by atoms with E-state index in [1.54, 1.807) is 0 Å². The van der Waals surface area contributed by atoms with E-state index in [1.165, 1.54) is 0 Å². The lowest BCUT2D eigenvalue weighted by molar-refractivity contribution is 0.00761. The van der Waals surface area contributed by atoms with E-state index in [0.717, 1.165) is 25.8 Å². The van der Waals surface area contributed by atoms with Crippen molar-refractivity contribution < 1.29 is 4.74 Å². The third-order valence-electron chi connectivity index (χ3n) is 1.93. The van der Waals surface area contributed by atoms with Gasteiger partial charge in [-0.25, -0.2) is 0 Å². The predicted octanol–water partition coefficient (Wildman–Crippen LogP) is 0.933. The molecule has 0 amide bonds. The molecule has 0 fully saturated rings. The second kappa shape index (κ2) is 3.83. The highest BCUT2D eigenvalue weighted by atomic mass is 16.5. The quantitative estimate of drug-likeness (QED) is 0.615. The molecule has 1 heterocycles. The summed E-state index contributed by atoms with van der Waals surface area (Å²) in [6.07, 6.45) is 4.99. The second-order valence-corrected chi connectivity index (χ2v) is 3.04. The molecule has 0 radical (unpaired) electrons. The van der Waals surface area contributed by atoms with Crippen LogP contribution in [0.1, 0.15) is 26.2 Å². The van der Waals surface area contributed by atoms with Gasteiger partial charge >= 0.3 is 0 Å². The average Bonchev–Trinajstić information content (AvgIpc) is 2.38. The van der Waals surface area contributed by atoms with E-state index in [9.17, 15) is 0 Å². The van der Waals surface area contributed by atoms with Gasteiger partial charge in [-0.05, 0) is 32.7 Å². The first-order valence-electron chi connectivity index (χ1n) is 4.14. The monoisotopic (exact) mass is 156 g/mol. The third-order valence-corrected chi connectivity index (χ3v) is 1.93. The maximum absolute atomic E-state index is 5.42. The third kappa shape index (κ3) is 2.60. The zero-order valence-electron chi connectivity index (χ0n) is 7.05. The van der Waals surface area contributed by atoms with Crippen LogP contribution in [0, 0.1) is 0 Å². The van der Waals surface area contributed by atoms with Crippen LogP contribution in [-0.2, 0) is 4.74 Å². The lowest BCUT2D eigenvalue weighted by Gasteiger charge is -2.19. The highest BCUT2D eigenvalue weighted by Crippen LogP contribution is 2.22. The molecule has 1 rings (SSSR count). The predicted molar refractivity (Wildman–Crippen MR) is 45.8 cm³/mol. The fraction of sp³-hybridized carbons (Fsp3) is 0.875. The van der Waals surface area contributed by atoms with Crippen LogP contribution >= 0.6 is 0 Å². The molecular weight excluding hydrogens is 140 g/mol. The van der Waals surface area contributed by atoms with Crippen molar-refractivity contribution in [2.75, 3.05) is 13.2 Å². The molecule has 1 unspecified atom stereocenters. The Morgan fingerprint density at radius 1 is 1.64 bits per heavy atom. The Kier molecular flexibility index (Phi) is 3.02. The maximum atomic E-state index is 5.42. The van der Waals surface area contributed by atoms with Crippen molar-refractivity contribution in [1.82, 2.24) is 0 Å². The van der Waals surface area contributed by atoms with Crippen molar-refractivity contribution in [1.29, 1.82) is 0 Å². The summed E-state index contributed by atoms with van der Waals surface area (Å²) in [7, 11) is 0. The number of aliphatic imine (C=N–C) groups is 1. The van der Waals surface area contributed by atoms with Crippen molar-refractivity contribution in [2.45, 2.75) is 31.9 Å². The molecule has 3 nitrogen and oxygen atoms in total. The summed E-state index contributed by atoms with van der Waals surface area (Å²) >= 11 is 0. The van der Waals surface area contributed by atoms with E-state index in [2.05, 4.69) is 4.99 Å². The zero-order chi connectivity index (χ0) is 8.16. The average molecular weight is 156 g/mol. The van der Waals surface area contributed by atoms with Gasteiger partial charge in [0.15, 0.2) is 5.72 Å². The summed E-state index contributed by atoms with van der Waals surface area (Å²) in [5.41, 5.74) is 5.14. The number of unbranched alkanes of at least 4 members (excludes halogenated alkanes) is 1. The van der Waals surface area contributed by atoms with Gasteiger partial charge < -0.3 is 10.5 Å².